The second-order valence-corrected chi connectivity index (χ2v) is 5.69. The summed E-state index contributed by atoms with van der Waals surface area (Å²) in [6.07, 6.45) is 3.66. The van der Waals surface area contributed by atoms with Gasteiger partial charge in [-0.05, 0) is 30.9 Å². The van der Waals surface area contributed by atoms with Crippen molar-refractivity contribution >= 4 is 38.6 Å². The molecule has 1 aromatic heterocycles. The summed E-state index contributed by atoms with van der Waals surface area (Å²) in [7, 11) is 0. The van der Waals surface area contributed by atoms with Crippen molar-refractivity contribution in [3.8, 4) is 0 Å². The van der Waals surface area contributed by atoms with Crippen LogP contribution in [0.25, 0.3) is 10.9 Å². The summed E-state index contributed by atoms with van der Waals surface area (Å²) < 4.78 is 2.66. The molecule has 0 bridgehead atoms. The van der Waals surface area contributed by atoms with Crippen molar-refractivity contribution < 1.29 is 0 Å². The molecule has 0 N–H and O–H groups in total. The highest BCUT2D eigenvalue weighted by Crippen LogP contribution is 2.20. The maximum absolute atomic E-state index is 12.2. The number of nitrogens with zero attached hydrogens (tertiary/aromatic N) is 2. The van der Waals surface area contributed by atoms with E-state index >= 15 is 0 Å². The van der Waals surface area contributed by atoms with E-state index in [0.29, 0.717) is 11.9 Å². The number of thioether (sulfide) groups is 1. The Labute approximate surface area is 112 Å². The van der Waals surface area contributed by atoms with E-state index in [4.69, 9.17) is 0 Å². The third-order valence-electron chi connectivity index (χ3n) is 2.64. The van der Waals surface area contributed by atoms with E-state index in [2.05, 4.69) is 20.9 Å². The molecule has 3 nitrogen and oxygen atoms in total. The fourth-order valence-electron chi connectivity index (χ4n) is 1.64. The molecule has 0 atom stereocenters. The van der Waals surface area contributed by atoms with Gasteiger partial charge in [0.1, 0.15) is 0 Å². The number of halogens is 1. The molecule has 17 heavy (non-hydrogen) atoms. The fourth-order valence-corrected chi connectivity index (χ4v) is 2.35. The largest absolute Gasteiger partial charge is 0.298 e. The van der Waals surface area contributed by atoms with Crippen molar-refractivity contribution in [2.45, 2.75) is 13.5 Å². The Morgan fingerprint density at radius 2 is 2.24 bits per heavy atom. The van der Waals surface area contributed by atoms with Crippen LogP contribution in [-0.4, -0.2) is 21.6 Å². The van der Waals surface area contributed by atoms with Crippen LogP contribution < -0.4 is 5.56 Å². The topological polar surface area (TPSA) is 34.9 Å². The molecule has 0 spiro atoms. The first-order chi connectivity index (χ1) is 8.13. The zero-order valence-corrected chi connectivity index (χ0v) is 12.1. The molecule has 1 heterocycles. The lowest BCUT2D eigenvalue weighted by molar-refractivity contribution is 0.725. The first-order valence-electron chi connectivity index (χ1n) is 5.27. The molecule has 0 saturated carbocycles. The highest BCUT2D eigenvalue weighted by Gasteiger charge is 2.06. The molecular weight excluding hydrogens is 300 g/mol. The van der Waals surface area contributed by atoms with Gasteiger partial charge in [0.2, 0.25) is 0 Å². The fraction of sp³-hybridized carbons (Fsp3) is 0.333. The number of rotatable bonds is 3. The van der Waals surface area contributed by atoms with Gasteiger partial charge in [0, 0.05) is 16.8 Å². The Morgan fingerprint density at radius 1 is 1.47 bits per heavy atom. The SMILES string of the molecule is CSCCn1cnc2cc(Br)c(C)cc2c1=O. The summed E-state index contributed by atoms with van der Waals surface area (Å²) in [5.74, 6) is 0.919. The Bertz CT molecular complexity index is 609. The average molecular weight is 313 g/mol. The van der Waals surface area contributed by atoms with Crippen LogP contribution in [0.5, 0.6) is 0 Å². The van der Waals surface area contributed by atoms with Gasteiger partial charge in [0.05, 0.1) is 17.2 Å². The maximum Gasteiger partial charge on any atom is 0.261 e. The van der Waals surface area contributed by atoms with Crippen molar-refractivity contribution in [1.82, 2.24) is 9.55 Å². The second-order valence-electron chi connectivity index (χ2n) is 3.85. The first kappa shape index (κ1) is 12.6. The predicted octanol–water partition coefficient (Wildman–Crippen LogP) is 2.83. The van der Waals surface area contributed by atoms with Crippen molar-refractivity contribution in [2.24, 2.45) is 0 Å². The molecule has 2 aromatic rings. The lowest BCUT2D eigenvalue weighted by Crippen LogP contribution is -2.21. The highest BCUT2D eigenvalue weighted by atomic mass is 79.9. The molecule has 90 valence electrons. The van der Waals surface area contributed by atoms with E-state index in [9.17, 15) is 4.79 Å². The van der Waals surface area contributed by atoms with E-state index in [0.717, 1.165) is 21.3 Å². The lowest BCUT2D eigenvalue weighted by Gasteiger charge is -2.06. The van der Waals surface area contributed by atoms with Crippen LogP contribution in [0.3, 0.4) is 0 Å². The Balaban J connectivity index is 2.59. The van der Waals surface area contributed by atoms with Crippen LogP contribution in [0.1, 0.15) is 5.56 Å². The second kappa shape index (κ2) is 5.23. The number of aryl methyl sites for hydroxylation is 2. The number of aromatic nitrogens is 2. The molecule has 0 saturated heterocycles. The summed E-state index contributed by atoms with van der Waals surface area (Å²) >= 11 is 5.17. The minimum absolute atomic E-state index is 0.0413. The standard InChI is InChI=1S/C12H13BrN2OS/c1-8-5-9-11(6-10(8)13)14-7-15(12(9)16)3-4-17-2/h5-7H,3-4H2,1-2H3. The summed E-state index contributed by atoms with van der Waals surface area (Å²) in [5.41, 5.74) is 1.84. The van der Waals surface area contributed by atoms with Crippen molar-refractivity contribution in [3.63, 3.8) is 0 Å². The van der Waals surface area contributed by atoms with Crippen LogP contribution in [-0.2, 0) is 6.54 Å². The van der Waals surface area contributed by atoms with Gasteiger partial charge in [-0.2, -0.15) is 11.8 Å². The average Bonchev–Trinajstić information content (AvgIpc) is 2.31. The van der Waals surface area contributed by atoms with Gasteiger partial charge in [0.25, 0.3) is 5.56 Å². The van der Waals surface area contributed by atoms with Crippen LogP contribution >= 0.6 is 27.7 Å². The van der Waals surface area contributed by atoms with Crippen LogP contribution in [0, 0.1) is 6.92 Å². The first-order valence-corrected chi connectivity index (χ1v) is 7.46. The van der Waals surface area contributed by atoms with E-state index in [-0.39, 0.29) is 5.56 Å². The molecule has 5 heteroatoms. The Kier molecular flexibility index (Phi) is 3.89. The van der Waals surface area contributed by atoms with Crippen molar-refractivity contribution in [3.05, 3.63) is 38.9 Å². The molecule has 0 aliphatic rings. The van der Waals surface area contributed by atoms with Gasteiger partial charge in [-0.25, -0.2) is 4.98 Å². The molecule has 2 rings (SSSR count). The predicted molar refractivity (Wildman–Crippen MR) is 76.8 cm³/mol. The van der Waals surface area contributed by atoms with Crippen molar-refractivity contribution in [1.29, 1.82) is 0 Å². The number of hydrogen-bond donors (Lipinski definition) is 0. The Hall–Kier alpha value is -0.810. The van der Waals surface area contributed by atoms with E-state index in [1.54, 1.807) is 22.7 Å². The molecule has 0 radical (unpaired) electrons. The van der Waals surface area contributed by atoms with Gasteiger partial charge in [-0.15, -0.1) is 0 Å². The normalized spacial score (nSPS) is 11.0. The van der Waals surface area contributed by atoms with Crippen LogP contribution in [0.4, 0.5) is 0 Å². The third kappa shape index (κ3) is 2.55. The summed E-state index contributed by atoms with van der Waals surface area (Å²) in [6, 6.07) is 3.79. The van der Waals surface area contributed by atoms with Crippen molar-refractivity contribution in [2.75, 3.05) is 12.0 Å². The third-order valence-corrected chi connectivity index (χ3v) is 4.09. The monoisotopic (exact) mass is 312 g/mol. The number of benzene rings is 1. The number of hydrogen-bond acceptors (Lipinski definition) is 3. The Morgan fingerprint density at radius 3 is 2.94 bits per heavy atom. The van der Waals surface area contributed by atoms with Gasteiger partial charge < -0.3 is 0 Å². The maximum atomic E-state index is 12.2. The molecule has 1 aromatic carbocycles. The van der Waals surface area contributed by atoms with Gasteiger partial charge >= 0.3 is 0 Å². The molecule has 0 aliphatic carbocycles. The van der Waals surface area contributed by atoms with Gasteiger partial charge in [0.15, 0.2) is 0 Å². The molecule has 0 aliphatic heterocycles. The van der Waals surface area contributed by atoms with Crippen LogP contribution in [0.2, 0.25) is 0 Å². The lowest BCUT2D eigenvalue weighted by atomic mass is 10.2. The zero-order chi connectivity index (χ0) is 12.4. The van der Waals surface area contributed by atoms with E-state index in [1.807, 2.05) is 25.3 Å². The zero-order valence-electron chi connectivity index (χ0n) is 9.74. The van der Waals surface area contributed by atoms with Gasteiger partial charge in [-0.3, -0.25) is 9.36 Å². The molecule has 0 unspecified atom stereocenters. The molecule has 0 amide bonds. The summed E-state index contributed by atoms with van der Waals surface area (Å²) in [5, 5.41) is 0.689. The van der Waals surface area contributed by atoms with E-state index < -0.39 is 0 Å². The minimum atomic E-state index is 0.0413. The molecule has 0 fully saturated rings. The number of fused-ring (bicyclic) bond motifs is 1. The van der Waals surface area contributed by atoms with Crippen LogP contribution in [0.15, 0.2) is 27.7 Å². The summed E-state index contributed by atoms with van der Waals surface area (Å²) in [6.45, 7) is 2.68. The van der Waals surface area contributed by atoms with E-state index in [1.165, 1.54) is 0 Å². The molecular formula is C12H13BrN2OS. The minimum Gasteiger partial charge on any atom is -0.298 e. The van der Waals surface area contributed by atoms with Gasteiger partial charge in [-0.1, -0.05) is 15.9 Å². The smallest absolute Gasteiger partial charge is 0.261 e. The quantitative estimate of drug-likeness (QED) is 0.874. The summed E-state index contributed by atoms with van der Waals surface area (Å²) in [4.78, 5) is 16.5. The highest BCUT2D eigenvalue weighted by molar-refractivity contribution is 9.10.